The van der Waals surface area contributed by atoms with Crippen LogP contribution in [0.15, 0.2) is 22.9 Å². The number of nitrogens with zero attached hydrogens (tertiary/aromatic N) is 1. The van der Waals surface area contributed by atoms with Gasteiger partial charge in [-0.05, 0) is 52.9 Å². The molecule has 0 amide bonds. The minimum atomic E-state index is 0.621. The second-order valence-corrected chi connectivity index (χ2v) is 5.31. The first-order chi connectivity index (χ1) is 7.72. The molecule has 0 saturated heterocycles. The summed E-state index contributed by atoms with van der Waals surface area (Å²) >= 11 is 9.15. The average Bonchev–Trinajstić information content (AvgIpc) is 2.28. The highest BCUT2D eigenvalue weighted by Crippen LogP contribution is 2.09. The Morgan fingerprint density at radius 1 is 1.50 bits per heavy atom. The fourth-order valence-electron chi connectivity index (χ4n) is 1.44. The average molecular weight is 306 g/mol. The topological polar surface area (TPSA) is 24.9 Å². The first-order valence-electron chi connectivity index (χ1n) is 5.58. The summed E-state index contributed by atoms with van der Waals surface area (Å²) < 4.78 is 1.03. The number of halogens is 2. The third-order valence-electron chi connectivity index (χ3n) is 2.40. The van der Waals surface area contributed by atoms with Crippen molar-refractivity contribution >= 4 is 27.5 Å². The summed E-state index contributed by atoms with van der Waals surface area (Å²) in [5, 5.41) is 3.40. The quantitative estimate of drug-likeness (QED) is 0.615. The van der Waals surface area contributed by atoms with E-state index in [1.54, 1.807) is 6.20 Å². The largest absolute Gasteiger partial charge is 0.313 e. The third kappa shape index (κ3) is 5.83. The molecular weight excluding hydrogens is 288 g/mol. The summed E-state index contributed by atoms with van der Waals surface area (Å²) in [4.78, 5) is 4.12. The highest BCUT2D eigenvalue weighted by Gasteiger charge is 1.99. The van der Waals surface area contributed by atoms with E-state index in [0.29, 0.717) is 5.92 Å². The van der Waals surface area contributed by atoms with Gasteiger partial charge in [-0.25, -0.2) is 0 Å². The van der Waals surface area contributed by atoms with Gasteiger partial charge in [-0.15, -0.1) is 11.6 Å². The summed E-state index contributed by atoms with van der Waals surface area (Å²) in [5.74, 6) is 1.38. The fourth-order valence-corrected chi connectivity index (χ4v) is 2.00. The minimum absolute atomic E-state index is 0.621. The van der Waals surface area contributed by atoms with Crippen molar-refractivity contribution in [3.63, 3.8) is 0 Å². The Kier molecular flexibility index (Phi) is 7.01. The van der Waals surface area contributed by atoms with Crippen molar-refractivity contribution < 1.29 is 0 Å². The van der Waals surface area contributed by atoms with Gasteiger partial charge in [0.1, 0.15) is 0 Å². The summed E-state index contributed by atoms with van der Waals surface area (Å²) in [6.07, 6.45) is 6.05. The summed E-state index contributed by atoms with van der Waals surface area (Å²) in [7, 11) is 0. The Morgan fingerprint density at radius 3 is 3.00 bits per heavy atom. The maximum absolute atomic E-state index is 5.74. The molecule has 90 valence electrons. The van der Waals surface area contributed by atoms with E-state index in [1.807, 2.05) is 6.20 Å². The number of hydrogen-bond acceptors (Lipinski definition) is 2. The molecule has 0 radical (unpaired) electrons. The van der Waals surface area contributed by atoms with Crippen molar-refractivity contribution in [1.29, 1.82) is 0 Å². The lowest BCUT2D eigenvalue weighted by Crippen LogP contribution is -2.15. The first kappa shape index (κ1) is 13.9. The van der Waals surface area contributed by atoms with Crippen LogP contribution in [0.25, 0.3) is 0 Å². The van der Waals surface area contributed by atoms with Gasteiger partial charge in [0.05, 0.1) is 0 Å². The lowest BCUT2D eigenvalue weighted by molar-refractivity contribution is 0.531. The van der Waals surface area contributed by atoms with Crippen LogP contribution in [-0.2, 0) is 6.54 Å². The molecule has 0 saturated carbocycles. The molecule has 0 spiro atoms. The molecule has 0 bridgehead atoms. The normalized spacial score (nSPS) is 12.7. The minimum Gasteiger partial charge on any atom is -0.313 e. The van der Waals surface area contributed by atoms with E-state index in [1.165, 1.54) is 18.4 Å². The molecule has 0 aliphatic heterocycles. The van der Waals surface area contributed by atoms with E-state index in [2.05, 4.69) is 39.2 Å². The predicted octanol–water partition coefficient (Wildman–Crippen LogP) is 3.59. The molecule has 4 heteroatoms. The molecule has 1 N–H and O–H groups in total. The number of alkyl halides is 1. The molecule has 1 heterocycles. The molecule has 0 aromatic carbocycles. The Morgan fingerprint density at radius 2 is 2.31 bits per heavy atom. The number of nitrogens with one attached hydrogen (secondary N) is 1. The van der Waals surface area contributed by atoms with E-state index >= 15 is 0 Å². The van der Waals surface area contributed by atoms with Crippen molar-refractivity contribution in [3.05, 3.63) is 28.5 Å². The summed E-state index contributed by atoms with van der Waals surface area (Å²) in [6.45, 7) is 4.10. The molecule has 1 atom stereocenters. The Bertz CT molecular complexity index is 307. The molecule has 2 nitrogen and oxygen atoms in total. The first-order valence-corrected chi connectivity index (χ1v) is 6.91. The lowest BCUT2D eigenvalue weighted by Gasteiger charge is -2.08. The number of pyridine rings is 1. The van der Waals surface area contributed by atoms with Gasteiger partial charge in [-0.2, -0.15) is 0 Å². The SMILES string of the molecule is CC(CCl)CCCNCc1cncc(Br)c1. The molecule has 0 aliphatic carbocycles. The highest BCUT2D eigenvalue weighted by molar-refractivity contribution is 9.10. The standard InChI is InChI=1S/C12H18BrClN2/c1-10(6-14)3-2-4-15-7-11-5-12(13)9-16-8-11/h5,8-10,15H,2-4,6-7H2,1H3. The van der Waals surface area contributed by atoms with Gasteiger partial charge >= 0.3 is 0 Å². The van der Waals surface area contributed by atoms with Crippen LogP contribution in [0, 0.1) is 5.92 Å². The summed E-state index contributed by atoms with van der Waals surface area (Å²) in [6, 6.07) is 2.08. The van der Waals surface area contributed by atoms with Gasteiger partial charge in [-0.3, -0.25) is 4.98 Å². The van der Waals surface area contributed by atoms with Crippen LogP contribution in [0.5, 0.6) is 0 Å². The van der Waals surface area contributed by atoms with Crippen molar-refractivity contribution in [1.82, 2.24) is 10.3 Å². The zero-order valence-electron chi connectivity index (χ0n) is 9.55. The van der Waals surface area contributed by atoms with Crippen molar-refractivity contribution in [2.75, 3.05) is 12.4 Å². The molecule has 0 aliphatic rings. The van der Waals surface area contributed by atoms with Crippen molar-refractivity contribution in [2.45, 2.75) is 26.3 Å². The van der Waals surface area contributed by atoms with Crippen LogP contribution >= 0.6 is 27.5 Å². The second kappa shape index (κ2) is 8.04. The summed E-state index contributed by atoms with van der Waals surface area (Å²) in [5.41, 5.74) is 1.21. The van der Waals surface area contributed by atoms with Gasteiger partial charge < -0.3 is 5.32 Å². The number of aromatic nitrogens is 1. The van der Waals surface area contributed by atoms with Crippen LogP contribution in [-0.4, -0.2) is 17.4 Å². The Balaban J connectivity index is 2.12. The molecule has 1 unspecified atom stereocenters. The molecule has 1 aromatic rings. The molecule has 1 aromatic heterocycles. The third-order valence-corrected chi connectivity index (χ3v) is 3.37. The van der Waals surface area contributed by atoms with Gasteiger partial charge in [0.2, 0.25) is 0 Å². The van der Waals surface area contributed by atoms with Crippen LogP contribution < -0.4 is 5.32 Å². The maximum atomic E-state index is 5.74. The smallest absolute Gasteiger partial charge is 0.0410 e. The molecule has 1 rings (SSSR count). The van der Waals surface area contributed by atoms with Crippen molar-refractivity contribution in [2.24, 2.45) is 5.92 Å². The highest BCUT2D eigenvalue weighted by atomic mass is 79.9. The fraction of sp³-hybridized carbons (Fsp3) is 0.583. The van der Waals surface area contributed by atoms with Crippen LogP contribution in [0.3, 0.4) is 0 Å². The predicted molar refractivity (Wildman–Crippen MR) is 72.8 cm³/mol. The van der Waals surface area contributed by atoms with Gasteiger partial charge in [0.25, 0.3) is 0 Å². The number of rotatable bonds is 7. The van der Waals surface area contributed by atoms with Crippen LogP contribution in [0.4, 0.5) is 0 Å². The second-order valence-electron chi connectivity index (χ2n) is 4.09. The van der Waals surface area contributed by atoms with E-state index in [0.717, 1.165) is 23.4 Å². The van der Waals surface area contributed by atoms with Crippen LogP contribution in [0.1, 0.15) is 25.3 Å². The zero-order valence-corrected chi connectivity index (χ0v) is 11.9. The maximum Gasteiger partial charge on any atom is 0.0410 e. The molecule has 0 fully saturated rings. The zero-order chi connectivity index (χ0) is 11.8. The Hall–Kier alpha value is -0.120. The van der Waals surface area contributed by atoms with Gasteiger partial charge in [0, 0.05) is 29.3 Å². The molecule has 16 heavy (non-hydrogen) atoms. The Labute approximate surface area is 111 Å². The van der Waals surface area contributed by atoms with E-state index in [-0.39, 0.29) is 0 Å². The van der Waals surface area contributed by atoms with E-state index < -0.39 is 0 Å². The van der Waals surface area contributed by atoms with Crippen molar-refractivity contribution in [3.8, 4) is 0 Å². The van der Waals surface area contributed by atoms with Gasteiger partial charge in [-0.1, -0.05) is 6.92 Å². The van der Waals surface area contributed by atoms with E-state index in [9.17, 15) is 0 Å². The number of hydrogen-bond donors (Lipinski definition) is 1. The van der Waals surface area contributed by atoms with Gasteiger partial charge in [0.15, 0.2) is 0 Å². The van der Waals surface area contributed by atoms with Crippen LogP contribution in [0.2, 0.25) is 0 Å². The van der Waals surface area contributed by atoms with E-state index in [4.69, 9.17) is 11.6 Å². The monoisotopic (exact) mass is 304 g/mol. The lowest BCUT2D eigenvalue weighted by atomic mass is 10.1. The molecular formula is C12H18BrClN2.